The zero-order chi connectivity index (χ0) is 22.0. The van der Waals surface area contributed by atoms with Gasteiger partial charge < -0.3 is 19.5 Å². The lowest BCUT2D eigenvalue weighted by molar-refractivity contribution is -0.140. The average molecular weight is 442 g/mol. The fraction of sp³-hybridized carbons (Fsp3) is 0.333. The standard InChI is InChI=1S/C24H24ClNO5/c1-2-30-18-11-7-15(8-12-18)21-20(22(27)16-5-9-17(25)10-6-16)23(28)24(29)26(21)14-19-4-3-13-31-19/h5-12,19,21,27H,2-4,13-14H2,1H3. The highest BCUT2D eigenvalue weighted by Crippen LogP contribution is 2.40. The molecule has 162 valence electrons. The molecule has 7 heteroatoms. The summed E-state index contributed by atoms with van der Waals surface area (Å²) in [4.78, 5) is 27.5. The van der Waals surface area contributed by atoms with Gasteiger partial charge in [0.15, 0.2) is 0 Å². The molecule has 31 heavy (non-hydrogen) atoms. The zero-order valence-corrected chi connectivity index (χ0v) is 18.0. The number of hydrogen-bond donors (Lipinski definition) is 1. The van der Waals surface area contributed by atoms with Crippen molar-refractivity contribution in [2.75, 3.05) is 19.8 Å². The molecule has 2 saturated heterocycles. The summed E-state index contributed by atoms with van der Waals surface area (Å²) in [5.41, 5.74) is 1.21. The number of aliphatic hydroxyl groups is 1. The van der Waals surface area contributed by atoms with E-state index < -0.39 is 17.7 Å². The summed E-state index contributed by atoms with van der Waals surface area (Å²) >= 11 is 5.96. The van der Waals surface area contributed by atoms with Gasteiger partial charge >= 0.3 is 0 Å². The van der Waals surface area contributed by atoms with Gasteiger partial charge in [-0.25, -0.2) is 0 Å². The second-order valence-corrected chi connectivity index (χ2v) is 8.03. The van der Waals surface area contributed by atoms with E-state index in [9.17, 15) is 14.7 Å². The molecule has 2 unspecified atom stereocenters. The minimum absolute atomic E-state index is 0.0643. The van der Waals surface area contributed by atoms with Crippen molar-refractivity contribution in [3.8, 4) is 5.75 Å². The number of hydrogen-bond acceptors (Lipinski definition) is 5. The van der Waals surface area contributed by atoms with Gasteiger partial charge in [0.25, 0.3) is 11.7 Å². The van der Waals surface area contributed by atoms with Crippen molar-refractivity contribution >= 4 is 29.1 Å². The number of amides is 1. The Morgan fingerprint density at radius 1 is 1.16 bits per heavy atom. The maximum Gasteiger partial charge on any atom is 0.295 e. The Morgan fingerprint density at radius 3 is 2.48 bits per heavy atom. The van der Waals surface area contributed by atoms with Crippen LogP contribution >= 0.6 is 11.6 Å². The van der Waals surface area contributed by atoms with E-state index in [2.05, 4.69) is 0 Å². The molecule has 2 heterocycles. The van der Waals surface area contributed by atoms with Crippen LogP contribution in [-0.4, -0.2) is 47.6 Å². The summed E-state index contributed by atoms with van der Waals surface area (Å²) in [6, 6.07) is 13.0. The van der Waals surface area contributed by atoms with E-state index in [4.69, 9.17) is 21.1 Å². The van der Waals surface area contributed by atoms with Crippen LogP contribution in [0.1, 0.15) is 36.9 Å². The van der Waals surface area contributed by atoms with E-state index >= 15 is 0 Å². The quantitative estimate of drug-likeness (QED) is 0.410. The molecule has 0 spiro atoms. The second kappa shape index (κ2) is 9.12. The number of nitrogens with zero attached hydrogens (tertiary/aromatic N) is 1. The van der Waals surface area contributed by atoms with Gasteiger partial charge in [-0.05, 0) is 61.7 Å². The highest BCUT2D eigenvalue weighted by atomic mass is 35.5. The molecular formula is C24H24ClNO5. The van der Waals surface area contributed by atoms with Crippen molar-refractivity contribution in [2.24, 2.45) is 0 Å². The lowest BCUT2D eigenvalue weighted by Crippen LogP contribution is -2.36. The van der Waals surface area contributed by atoms with Gasteiger partial charge in [-0.15, -0.1) is 0 Å². The van der Waals surface area contributed by atoms with Crippen molar-refractivity contribution in [1.29, 1.82) is 0 Å². The fourth-order valence-electron chi connectivity index (χ4n) is 4.10. The van der Waals surface area contributed by atoms with Gasteiger partial charge in [0.2, 0.25) is 0 Å². The first-order chi connectivity index (χ1) is 15.0. The average Bonchev–Trinajstić information content (AvgIpc) is 3.37. The van der Waals surface area contributed by atoms with E-state index in [1.165, 1.54) is 4.90 Å². The molecule has 2 aromatic carbocycles. The maximum absolute atomic E-state index is 13.0. The molecular weight excluding hydrogens is 418 g/mol. The molecule has 6 nitrogen and oxygen atoms in total. The lowest BCUT2D eigenvalue weighted by atomic mass is 9.95. The van der Waals surface area contributed by atoms with Gasteiger partial charge in [0.05, 0.1) is 24.3 Å². The smallest absolute Gasteiger partial charge is 0.295 e. The normalized spacial score (nSPS) is 22.8. The van der Waals surface area contributed by atoms with E-state index in [0.717, 1.165) is 18.4 Å². The number of Topliss-reactive ketones (excluding diaryl/α,β-unsaturated/α-hetero) is 1. The van der Waals surface area contributed by atoms with Gasteiger partial charge in [-0.3, -0.25) is 9.59 Å². The van der Waals surface area contributed by atoms with Gasteiger partial charge in [0, 0.05) is 23.7 Å². The number of ketones is 1. The monoisotopic (exact) mass is 441 g/mol. The molecule has 0 radical (unpaired) electrons. The number of likely N-dealkylation sites (tertiary alicyclic amines) is 1. The first-order valence-electron chi connectivity index (χ1n) is 10.4. The third-order valence-electron chi connectivity index (χ3n) is 5.59. The van der Waals surface area contributed by atoms with E-state index in [1.807, 2.05) is 19.1 Å². The molecule has 0 aromatic heterocycles. The first-order valence-corrected chi connectivity index (χ1v) is 10.8. The lowest BCUT2D eigenvalue weighted by Gasteiger charge is -2.27. The van der Waals surface area contributed by atoms with Gasteiger partial charge in [0.1, 0.15) is 11.5 Å². The molecule has 2 aliphatic heterocycles. The SMILES string of the molecule is CCOc1ccc(C2C(=C(O)c3ccc(Cl)cc3)C(=O)C(=O)N2CC2CCCO2)cc1. The van der Waals surface area contributed by atoms with Crippen LogP contribution in [0, 0.1) is 0 Å². The van der Waals surface area contributed by atoms with E-state index in [1.54, 1.807) is 36.4 Å². The number of rotatable bonds is 6. The van der Waals surface area contributed by atoms with Crippen LogP contribution in [0.15, 0.2) is 54.1 Å². The Bertz CT molecular complexity index is 994. The Labute approximate surface area is 186 Å². The predicted molar refractivity (Wildman–Crippen MR) is 117 cm³/mol. The maximum atomic E-state index is 13.0. The third kappa shape index (κ3) is 4.31. The molecule has 2 atom stereocenters. The van der Waals surface area contributed by atoms with Gasteiger partial charge in [-0.2, -0.15) is 0 Å². The van der Waals surface area contributed by atoms with Crippen LogP contribution in [-0.2, 0) is 14.3 Å². The van der Waals surface area contributed by atoms with Crippen LogP contribution in [0.4, 0.5) is 0 Å². The number of aliphatic hydroxyl groups excluding tert-OH is 1. The van der Waals surface area contributed by atoms with Crippen molar-refractivity contribution in [2.45, 2.75) is 31.9 Å². The summed E-state index contributed by atoms with van der Waals surface area (Å²) in [7, 11) is 0. The van der Waals surface area contributed by atoms with Crippen LogP contribution in [0.2, 0.25) is 5.02 Å². The largest absolute Gasteiger partial charge is 0.507 e. The van der Waals surface area contributed by atoms with Crippen LogP contribution < -0.4 is 4.74 Å². The molecule has 2 aliphatic rings. The fourth-order valence-corrected chi connectivity index (χ4v) is 4.22. The molecule has 2 aromatic rings. The highest BCUT2D eigenvalue weighted by molar-refractivity contribution is 6.46. The summed E-state index contributed by atoms with van der Waals surface area (Å²) in [5, 5.41) is 11.5. The molecule has 0 bridgehead atoms. The van der Waals surface area contributed by atoms with Crippen molar-refractivity contribution < 1.29 is 24.2 Å². The Hall–Kier alpha value is -2.83. The van der Waals surface area contributed by atoms with E-state index in [-0.39, 0.29) is 17.4 Å². The van der Waals surface area contributed by atoms with Crippen LogP contribution in [0.5, 0.6) is 5.75 Å². The van der Waals surface area contributed by atoms with E-state index in [0.29, 0.717) is 36.1 Å². The Morgan fingerprint density at radius 2 is 1.87 bits per heavy atom. The number of halogens is 1. The topological polar surface area (TPSA) is 76.1 Å². The second-order valence-electron chi connectivity index (χ2n) is 7.60. The molecule has 0 aliphatic carbocycles. The van der Waals surface area contributed by atoms with Crippen LogP contribution in [0.3, 0.4) is 0 Å². The third-order valence-corrected chi connectivity index (χ3v) is 5.84. The van der Waals surface area contributed by atoms with Crippen molar-refractivity contribution in [3.05, 3.63) is 70.3 Å². The molecule has 1 N–H and O–H groups in total. The number of ether oxygens (including phenoxy) is 2. The van der Waals surface area contributed by atoms with Crippen molar-refractivity contribution in [3.63, 3.8) is 0 Å². The zero-order valence-electron chi connectivity index (χ0n) is 17.2. The summed E-state index contributed by atoms with van der Waals surface area (Å²) in [6.45, 7) is 3.37. The minimum Gasteiger partial charge on any atom is -0.507 e. The number of carbonyl (C=O) groups is 2. The first kappa shape index (κ1) is 21.4. The molecule has 2 fully saturated rings. The molecule has 1 amide bonds. The Kier molecular flexibility index (Phi) is 6.30. The highest BCUT2D eigenvalue weighted by Gasteiger charge is 2.47. The minimum atomic E-state index is -0.712. The number of benzene rings is 2. The van der Waals surface area contributed by atoms with Gasteiger partial charge in [-0.1, -0.05) is 23.7 Å². The Balaban J connectivity index is 1.78. The molecule has 0 saturated carbocycles. The summed E-state index contributed by atoms with van der Waals surface area (Å²) < 4.78 is 11.2. The van der Waals surface area contributed by atoms with Crippen LogP contribution in [0.25, 0.3) is 5.76 Å². The predicted octanol–water partition coefficient (Wildman–Crippen LogP) is 4.34. The van der Waals surface area contributed by atoms with Crippen molar-refractivity contribution in [1.82, 2.24) is 4.90 Å². The number of carbonyl (C=O) groups excluding carboxylic acids is 2. The molecule has 4 rings (SSSR count). The summed E-state index contributed by atoms with van der Waals surface area (Å²) in [6.07, 6.45) is 1.63. The summed E-state index contributed by atoms with van der Waals surface area (Å²) in [5.74, 6) is -0.863.